The normalized spacial score (nSPS) is 18.1. The summed E-state index contributed by atoms with van der Waals surface area (Å²) in [5, 5.41) is 5.28. The number of pyridine rings is 1. The van der Waals surface area contributed by atoms with Crippen molar-refractivity contribution in [1.82, 2.24) is 15.2 Å². The Kier molecular flexibility index (Phi) is 5.12. The molecule has 1 aromatic heterocycles. The van der Waals surface area contributed by atoms with Gasteiger partial charge in [-0.15, -0.1) is 0 Å². The Bertz CT molecular complexity index is 967. The molecule has 1 aromatic carbocycles. The molecule has 142 valence electrons. The molecule has 1 heterocycles. The fourth-order valence-corrected chi connectivity index (χ4v) is 2.96. The van der Waals surface area contributed by atoms with E-state index in [1.807, 2.05) is 13.8 Å². The molecule has 3 rings (SSSR count). The monoisotopic (exact) mass is 371 g/mol. The van der Waals surface area contributed by atoms with Crippen molar-refractivity contribution in [3.63, 3.8) is 0 Å². The van der Waals surface area contributed by atoms with Crippen LogP contribution in [-0.4, -0.2) is 29.5 Å². The number of nitrogens with zero attached hydrogens (tertiary/aromatic N) is 1. The molecule has 0 spiro atoms. The van der Waals surface area contributed by atoms with Crippen LogP contribution >= 0.6 is 0 Å². The molecule has 1 saturated carbocycles. The molecule has 1 fully saturated rings. The lowest BCUT2D eigenvalue weighted by molar-refractivity contribution is 0.0948. The summed E-state index contributed by atoms with van der Waals surface area (Å²) in [5.74, 6) is -0.976. The van der Waals surface area contributed by atoms with E-state index in [0.29, 0.717) is 11.5 Å². The van der Waals surface area contributed by atoms with Gasteiger partial charge in [-0.3, -0.25) is 14.4 Å². The minimum Gasteiger partial charge on any atom is -0.355 e. The molecule has 2 N–H and O–H groups in total. The maximum absolute atomic E-state index is 14.1. The molecule has 2 amide bonds. The molecule has 0 radical (unpaired) electrons. The highest BCUT2D eigenvalue weighted by Crippen LogP contribution is 2.29. The van der Waals surface area contributed by atoms with E-state index >= 15 is 0 Å². The minimum absolute atomic E-state index is 0.0721. The zero-order valence-corrected chi connectivity index (χ0v) is 15.5. The minimum atomic E-state index is -0.590. The van der Waals surface area contributed by atoms with Crippen molar-refractivity contribution in [2.45, 2.75) is 32.9 Å². The fraction of sp³-hybridized carbons (Fsp3) is 0.350. The first kappa shape index (κ1) is 18.8. The Morgan fingerprint density at radius 1 is 1.26 bits per heavy atom. The largest absolute Gasteiger partial charge is 0.355 e. The second kappa shape index (κ2) is 7.34. The van der Waals surface area contributed by atoms with Gasteiger partial charge in [-0.05, 0) is 31.4 Å². The van der Waals surface area contributed by atoms with Gasteiger partial charge in [0.2, 0.25) is 0 Å². The molecule has 6 nitrogen and oxygen atoms in total. The van der Waals surface area contributed by atoms with Crippen molar-refractivity contribution >= 4 is 11.8 Å². The number of halogens is 1. The van der Waals surface area contributed by atoms with Crippen molar-refractivity contribution < 1.29 is 14.0 Å². The number of hydrogen-bond acceptors (Lipinski definition) is 3. The van der Waals surface area contributed by atoms with Crippen molar-refractivity contribution in [3.05, 3.63) is 68.9 Å². The first-order chi connectivity index (χ1) is 12.8. The summed E-state index contributed by atoms with van der Waals surface area (Å²) in [4.78, 5) is 37.3. The zero-order valence-electron chi connectivity index (χ0n) is 15.5. The molecular formula is C20H22FN3O3. The van der Waals surface area contributed by atoms with Gasteiger partial charge in [0.25, 0.3) is 17.4 Å². The molecule has 2 atom stereocenters. The average Bonchev–Trinajstić information content (AvgIpc) is 3.33. The molecule has 2 aromatic rings. The van der Waals surface area contributed by atoms with Crippen LogP contribution in [0.1, 0.15) is 45.2 Å². The lowest BCUT2D eigenvalue weighted by Crippen LogP contribution is -2.34. The Morgan fingerprint density at radius 2 is 1.96 bits per heavy atom. The highest BCUT2D eigenvalue weighted by molar-refractivity contribution is 5.99. The zero-order chi connectivity index (χ0) is 19.7. The van der Waals surface area contributed by atoms with Crippen LogP contribution in [0.25, 0.3) is 0 Å². The number of aryl methyl sites for hydroxylation is 1. The van der Waals surface area contributed by atoms with E-state index in [9.17, 15) is 18.8 Å². The van der Waals surface area contributed by atoms with Gasteiger partial charge in [-0.25, -0.2) is 4.39 Å². The quantitative estimate of drug-likeness (QED) is 0.842. The SMILES string of the molecule is CNC(=O)c1cc(C(=O)NC2C[C@H]2C)cn(Cc2cc(C)ccc2F)c1=O. The van der Waals surface area contributed by atoms with Gasteiger partial charge in [0.1, 0.15) is 11.4 Å². The van der Waals surface area contributed by atoms with Crippen LogP contribution in [-0.2, 0) is 6.54 Å². The summed E-state index contributed by atoms with van der Waals surface area (Å²) in [7, 11) is 1.41. The molecule has 7 heteroatoms. The summed E-state index contributed by atoms with van der Waals surface area (Å²) in [5.41, 5.74) is 0.630. The molecule has 0 bridgehead atoms. The molecule has 1 aliphatic carbocycles. The topological polar surface area (TPSA) is 80.2 Å². The van der Waals surface area contributed by atoms with E-state index in [0.717, 1.165) is 12.0 Å². The van der Waals surface area contributed by atoms with Gasteiger partial charge in [-0.1, -0.05) is 24.6 Å². The number of benzene rings is 1. The van der Waals surface area contributed by atoms with E-state index in [2.05, 4.69) is 10.6 Å². The van der Waals surface area contributed by atoms with Crippen molar-refractivity contribution in [1.29, 1.82) is 0 Å². The first-order valence-corrected chi connectivity index (χ1v) is 8.82. The number of rotatable bonds is 5. The third-order valence-corrected chi connectivity index (χ3v) is 4.79. The average molecular weight is 371 g/mol. The van der Waals surface area contributed by atoms with Gasteiger partial charge >= 0.3 is 0 Å². The van der Waals surface area contributed by atoms with Crippen LogP contribution < -0.4 is 16.2 Å². The molecule has 1 aliphatic rings. The summed E-state index contributed by atoms with van der Waals surface area (Å²) in [6.07, 6.45) is 2.28. The Hall–Kier alpha value is -2.96. The van der Waals surface area contributed by atoms with E-state index in [4.69, 9.17) is 0 Å². The summed E-state index contributed by atoms with van der Waals surface area (Å²) in [6.45, 7) is 3.78. The predicted molar refractivity (Wildman–Crippen MR) is 99.4 cm³/mol. The fourth-order valence-electron chi connectivity index (χ4n) is 2.96. The Balaban J connectivity index is 2.01. The number of carbonyl (C=O) groups is 2. The second-order valence-electron chi connectivity index (χ2n) is 7.04. The van der Waals surface area contributed by atoms with Crippen molar-refractivity contribution in [2.75, 3.05) is 7.05 Å². The lowest BCUT2D eigenvalue weighted by atomic mass is 10.1. The molecule has 27 heavy (non-hydrogen) atoms. The number of amides is 2. The number of carbonyl (C=O) groups excluding carboxylic acids is 2. The Morgan fingerprint density at radius 3 is 2.59 bits per heavy atom. The lowest BCUT2D eigenvalue weighted by Gasteiger charge is -2.13. The third kappa shape index (κ3) is 4.07. The van der Waals surface area contributed by atoms with Crippen LogP contribution in [0, 0.1) is 18.7 Å². The van der Waals surface area contributed by atoms with Crippen molar-refractivity contribution in [3.8, 4) is 0 Å². The molecule has 1 unspecified atom stereocenters. The van der Waals surface area contributed by atoms with Gasteiger partial charge in [0.15, 0.2) is 0 Å². The van der Waals surface area contributed by atoms with E-state index in [-0.39, 0.29) is 29.6 Å². The highest BCUT2D eigenvalue weighted by Gasteiger charge is 2.34. The van der Waals surface area contributed by atoms with Gasteiger partial charge in [0.05, 0.1) is 12.1 Å². The van der Waals surface area contributed by atoms with Gasteiger partial charge in [-0.2, -0.15) is 0 Å². The molecular weight excluding hydrogens is 349 g/mol. The van der Waals surface area contributed by atoms with Crippen LogP contribution in [0.5, 0.6) is 0 Å². The van der Waals surface area contributed by atoms with E-state index < -0.39 is 17.3 Å². The Labute approximate surface area is 156 Å². The van der Waals surface area contributed by atoms with E-state index in [1.165, 1.54) is 29.9 Å². The van der Waals surface area contributed by atoms with Gasteiger partial charge in [0, 0.05) is 24.8 Å². The standard InChI is InChI=1S/C20H22FN3O3/c1-11-4-5-16(21)13(6-11)9-24-10-14(18(25)23-17-7-12(17)2)8-15(20(24)27)19(26)22-3/h4-6,8,10,12,17H,7,9H2,1-3H3,(H,22,26)(H,23,25)/t12-,17?/m1/s1. The predicted octanol–water partition coefficient (Wildman–Crippen LogP) is 1.84. The number of aromatic nitrogens is 1. The number of hydrogen-bond donors (Lipinski definition) is 2. The summed E-state index contributed by atoms with van der Waals surface area (Å²) in [6, 6.07) is 6.00. The van der Waals surface area contributed by atoms with Crippen LogP contribution in [0.4, 0.5) is 4.39 Å². The number of nitrogens with one attached hydrogen (secondary N) is 2. The van der Waals surface area contributed by atoms with Crippen LogP contribution in [0.3, 0.4) is 0 Å². The second-order valence-corrected chi connectivity index (χ2v) is 7.04. The maximum atomic E-state index is 14.1. The molecule has 0 saturated heterocycles. The first-order valence-electron chi connectivity index (χ1n) is 8.82. The summed E-state index contributed by atoms with van der Waals surface area (Å²) >= 11 is 0. The molecule has 0 aliphatic heterocycles. The summed E-state index contributed by atoms with van der Waals surface area (Å²) < 4.78 is 15.3. The van der Waals surface area contributed by atoms with Gasteiger partial charge < -0.3 is 15.2 Å². The van der Waals surface area contributed by atoms with Crippen molar-refractivity contribution in [2.24, 2.45) is 5.92 Å². The maximum Gasteiger partial charge on any atom is 0.263 e. The third-order valence-electron chi connectivity index (χ3n) is 4.79. The van der Waals surface area contributed by atoms with E-state index in [1.54, 1.807) is 12.1 Å². The highest BCUT2D eigenvalue weighted by atomic mass is 19.1. The van der Waals surface area contributed by atoms with Crippen LogP contribution in [0.2, 0.25) is 0 Å². The smallest absolute Gasteiger partial charge is 0.263 e. The van der Waals surface area contributed by atoms with Crippen LogP contribution in [0.15, 0.2) is 35.3 Å².